The minimum atomic E-state index is -4.48. The average molecular weight is 299 g/mol. The molecule has 1 spiro atoms. The number of nitrogens with zero attached hydrogens (tertiary/aromatic N) is 3. The van der Waals surface area contributed by atoms with E-state index in [1.165, 1.54) is 4.90 Å². The summed E-state index contributed by atoms with van der Waals surface area (Å²) in [6, 6.07) is 0. The molecule has 0 aromatic carbocycles. The molecule has 0 radical (unpaired) electrons. The maximum Gasteiger partial charge on any atom is 0.434 e. The minimum absolute atomic E-state index is 0.0313. The van der Waals surface area contributed by atoms with Crippen molar-refractivity contribution in [2.45, 2.75) is 19.0 Å². The van der Waals surface area contributed by atoms with Crippen LogP contribution in [0.25, 0.3) is 6.08 Å². The van der Waals surface area contributed by atoms with Crippen LogP contribution in [-0.2, 0) is 6.18 Å². The highest BCUT2D eigenvalue weighted by molar-refractivity contribution is 5.67. The zero-order valence-corrected chi connectivity index (χ0v) is 10.9. The van der Waals surface area contributed by atoms with E-state index < -0.39 is 18.0 Å². The second-order valence-corrected chi connectivity index (χ2v) is 5.62. The minimum Gasteiger partial charge on any atom is -0.465 e. The molecular formula is C13H12F3N3O2. The molecule has 1 N–H and O–H groups in total. The summed E-state index contributed by atoms with van der Waals surface area (Å²) in [6.45, 7) is 1.05. The van der Waals surface area contributed by atoms with Crippen molar-refractivity contribution in [3.63, 3.8) is 0 Å². The molecule has 112 valence electrons. The van der Waals surface area contributed by atoms with Crippen LogP contribution in [0.5, 0.6) is 0 Å². The lowest BCUT2D eigenvalue weighted by Crippen LogP contribution is -2.61. The smallest absolute Gasteiger partial charge is 0.434 e. The molecule has 1 aliphatic carbocycles. The van der Waals surface area contributed by atoms with E-state index in [-0.39, 0.29) is 5.41 Å². The van der Waals surface area contributed by atoms with Crippen molar-refractivity contribution in [3.8, 4) is 0 Å². The van der Waals surface area contributed by atoms with E-state index in [0.29, 0.717) is 18.8 Å². The molecule has 1 aromatic heterocycles. The van der Waals surface area contributed by atoms with Gasteiger partial charge in [-0.05, 0) is 18.9 Å². The molecule has 0 bridgehead atoms. The molecular weight excluding hydrogens is 287 g/mol. The monoisotopic (exact) mass is 299 g/mol. The van der Waals surface area contributed by atoms with Crippen LogP contribution in [-0.4, -0.2) is 39.2 Å². The van der Waals surface area contributed by atoms with Crippen LogP contribution in [0.15, 0.2) is 18.0 Å². The van der Waals surface area contributed by atoms with Gasteiger partial charge in [-0.3, -0.25) is 4.98 Å². The lowest BCUT2D eigenvalue weighted by molar-refractivity contribution is -0.141. The van der Waals surface area contributed by atoms with Crippen LogP contribution in [0.1, 0.15) is 24.2 Å². The van der Waals surface area contributed by atoms with Gasteiger partial charge in [0, 0.05) is 18.5 Å². The van der Waals surface area contributed by atoms with E-state index in [9.17, 15) is 18.0 Å². The van der Waals surface area contributed by atoms with Crippen molar-refractivity contribution in [1.82, 2.24) is 14.9 Å². The SMILES string of the molecule is O=C(O)N1CC2(CC(=Cc3cnc(C(F)(F)F)cn3)C2)C1. The highest BCUT2D eigenvalue weighted by Crippen LogP contribution is 2.51. The largest absolute Gasteiger partial charge is 0.465 e. The summed E-state index contributed by atoms with van der Waals surface area (Å²) in [4.78, 5) is 19.1. The Morgan fingerprint density at radius 2 is 1.95 bits per heavy atom. The molecule has 0 unspecified atom stereocenters. The van der Waals surface area contributed by atoms with Crippen LogP contribution in [0.3, 0.4) is 0 Å². The fourth-order valence-corrected chi connectivity index (χ4v) is 2.90. The molecule has 3 rings (SSSR count). The van der Waals surface area contributed by atoms with E-state index in [0.717, 1.165) is 30.8 Å². The van der Waals surface area contributed by atoms with Crippen molar-refractivity contribution < 1.29 is 23.1 Å². The standard InChI is InChI=1S/C13H12F3N3O2/c14-13(15,16)10-5-17-9(4-18-10)1-8-2-12(3-8)6-19(7-12)11(20)21/h1,4-5H,2-3,6-7H2,(H,20,21). The molecule has 21 heavy (non-hydrogen) atoms. The predicted molar refractivity (Wildman–Crippen MR) is 66.3 cm³/mol. The lowest BCUT2D eigenvalue weighted by Gasteiger charge is -2.55. The summed E-state index contributed by atoms with van der Waals surface area (Å²) in [5.41, 5.74) is 0.478. The van der Waals surface area contributed by atoms with Gasteiger partial charge in [0.15, 0.2) is 5.69 Å². The van der Waals surface area contributed by atoms with E-state index in [2.05, 4.69) is 9.97 Å². The zero-order valence-electron chi connectivity index (χ0n) is 10.9. The number of halogens is 3. The highest BCUT2D eigenvalue weighted by Gasteiger charge is 2.51. The Bertz CT molecular complexity index is 594. The molecule has 1 saturated heterocycles. The molecule has 1 amide bonds. The molecule has 2 heterocycles. The topological polar surface area (TPSA) is 66.3 Å². The number of hydrogen-bond acceptors (Lipinski definition) is 3. The number of alkyl halides is 3. The Kier molecular flexibility index (Phi) is 2.93. The highest BCUT2D eigenvalue weighted by atomic mass is 19.4. The van der Waals surface area contributed by atoms with Gasteiger partial charge >= 0.3 is 12.3 Å². The van der Waals surface area contributed by atoms with Gasteiger partial charge < -0.3 is 10.0 Å². The average Bonchev–Trinajstić information content (AvgIpc) is 2.29. The van der Waals surface area contributed by atoms with Gasteiger partial charge in [-0.1, -0.05) is 5.57 Å². The van der Waals surface area contributed by atoms with Crippen molar-refractivity contribution in [2.24, 2.45) is 5.41 Å². The number of amides is 1. The Hall–Kier alpha value is -2.12. The first-order chi connectivity index (χ1) is 9.77. The summed E-state index contributed by atoms with van der Waals surface area (Å²) >= 11 is 0. The van der Waals surface area contributed by atoms with Crippen LogP contribution >= 0.6 is 0 Å². The Morgan fingerprint density at radius 3 is 2.43 bits per heavy atom. The third-order valence-electron chi connectivity index (χ3n) is 3.84. The fraction of sp³-hybridized carbons (Fsp3) is 0.462. The number of likely N-dealkylation sites (tertiary alicyclic amines) is 1. The fourth-order valence-electron chi connectivity index (χ4n) is 2.90. The summed E-state index contributed by atoms with van der Waals surface area (Å²) in [7, 11) is 0. The van der Waals surface area contributed by atoms with Crippen LogP contribution in [0.4, 0.5) is 18.0 Å². The summed E-state index contributed by atoms with van der Waals surface area (Å²) in [6.07, 6.45) is -0.320. The molecule has 1 aromatic rings. The van der Waals surface area contributed by atoms with Gasteiger partial charge in [0.05, 0.1) is 18.1 Å². The van der Waals surface area contributed by atoms with Gasteiger partial charge in [0.1, 0.15) is 0 Å². The Morgan fingerprint density at radius 1 is 1.29 bits per heavy atom. The van der Waals surface area contributed by atoms with Gasteiger partial charge in [-0.15, -0.1) is 0 Å². The molecule has 1 aliphatic heterocycles. The van der Waals surface area contributed by atoms with E-state index in [1.807, 2.05) is 0 Å². The molecule has 5 nitrogen and oxygen atoms in total. The van der Waals surface area contributed by atoms with Crippen molar-refractivity contribution >= 4 is 12.2 Å². The first-order valence-corrected chi connectivity index (χ1v) is 6.34. The number of allylic oxidation sites excluding steroid dienone is 1. The number of rotatable bonds is 1. The normalized spacial score (nSPS) is 20.0. The summed E-state index contributed by atoms with van der Waals surface area (Å²) in [5, 5.41) is 8.78. The van der Waals surface area contributed by atoms with Gasteiger partial charge in [-0.2, -0.15) is 13.2 Å². The van der Waals surface area contributed by atoms with E-state index in [1.54, 1.807) is 6.08 Å². The summed E-state index contributed by atoms with van der Waals surface area (Å²) < 4.78 is 37.0. The third-order valence-corrected chi connectivity index (χ3v) is 3.84. The summed E-state index contributed by atoms with van der Waals surface area (Å²) in [5.74, 6) is 0. The molecule has 0 atom stereocenters. The predicted octanol–water partition coefficient (Wildman–Crippen LogP) is 2.65. The molecule has 8 heteroatoms. The lowest BCUT2D eigenvalue weighted by atomic mass is 9.60. The van der Waals surface area contributed by atoms with Crippen LogP contribution < -0.4 is 0 Å². The van der Waals surface area contributed by atoms with Gasteiger partial charge in [0.2, 0.25) is 0 Å². The van der Waals surface area contributed by atoms with Gasteiger partial charge in [-0.25, -0.2) is 9.78 Å². The molecule has 1 saturated carbocycles. The molecule has 2 fully saturated rings. The first kappa shape index (κ1) is 13.8. The van der Waals surface area contributed by atoms with Gasteiger partial charge in [0.25, 0.3) is 0 Å². The molecule has 2 aliphatic rings. The number of carboxylic acid groups (broad SMARTS) is 1. The second-order valence-electron chi connectivity index (χ2n) is 5.62. The third kappa shape index (κ3) is 2.57. The van der Waals surface area contributed by atoms with Crippen molar-refractivity contribution in [2.75, 3.05) is 13.1 Å². The number of carbonyl (C=O) groups is 1. The number of aromatic nitrogens is 2. The van der Waals surface area contributed by atoms with E-state index >= 15 is 0 Å². The number of hydrogen-bond donors (Lipinski definition) is 1. The maximum absolute atomic E-state index is 12.3. The quantitative estimate of drug-likeness (QED) is 0.865. The maximum atomic E-state index is 12.3. The van der Waals surface area contributed by atoms with E-state index in [4.69, 9.17) is 5.11 Å². The zero-order chi connectivity index (χ0) is 15.3. The van der Waals surface area contributed by atoms with Crippen LogP contribution in [0, 0.1) is 5.41 Å². The van der Waals surface area contributed by atoms with Crippen molar-refractivity contribution in [1.29, 1.82) is 0 Å². The first-order valence-electron chi connectivity index (χ1n) is 6.34. The Balaban J connectivity index is 1.60. The van der Waals surface area contributed by atoms with Crippen molar-refractivity contribution in [3.05, 3.63) is 29.4 Å². The van der Waals surface area contributed by atoms with Crippen LogP contribution in [0.2, 0.25) is 0 Å². The second kappa shape index (κ2) is 4.44. The Labute approximate surface area is 118 Å².